The number of alkyl halides is 4. The van der Waals surface area contributed by atoms with Crippen LogP contribution in [-0.4, -0.2) is 58.1 Å². The highest BCUT2D eigenvalue weighted by molar-refractivity contribution is 7.87. The van der Waals surface area contributed by atoms with Gasteiger partial charge in [-0.05, 0) is 25.7 Å². The maximum atomic E-state index is 13.6. The number of hydrogen-bond donors (Lipinski definition) is 3. The fourth-order valence-electron chi connectivity index (χ4n) is 4.09. The lowest BCUT2D eigenvalue weighted by Crippen LogP contribution is -2.47. The summed E-state index contributed by atoms with van der Waals surface area (Å²) >= 11 is 0. The first-order valence-corrected chi connectivity index (χ1v) is 11.3. The predicted octanol–water partition coefficient (Wildman–Crippen LogP) is 3.00. The second-order valence-corrected chi connectivity index (χ2v) is 9.28. The zero-order chi connectivity index (χ0) is 23.8. The molecule has 1 aliphatic rings. The largest absolute Gasteiger partial charge is 0.465 e. The van der Waals surface area contributed by atoms with Crippen LogP contribution in [0.15, 0.2) is 0 Å². The van der Waals surface area contributed by atoms with Crippen LogP contribution in [0, 0.1) is 17.8 Å². The van der Waals surface area contributed by atoms with Gasteiger partial charge in [0.1, 0.15) is 0 Å². The van der Waals surface area contributed by atoms with Gasteiger partial charge in [-0.1, -0.05) is 27.7 Å². The Bertz CT molecular complexity index is 694. The molecule has 2 unspecified atom stereocenters. The molecule has 0 heterocycles. The minimum atomic E-state index is -6.37. The van der Waals surface area contributed by atoms with Gasteiger partial charge >= 0.3 is 27.3 Å². The Morgan fingerprint density at radius 3 is 1.57 bits per heavy atom. The molecule has 1 saturated carbocycles. The van der Waals surface area contributed by atoms with Crippen molar-refractivity contribution in [3.63, 3.8) is 0 Å². The molecule has 12 heteroatoms. The summed E-state index contributed by atoms with van der Waals surface area (Å²) in [6.45, 7) is 5.53. The quantitative estimate of drug-likeness (QED) is 0.230. The molecule has 1 rings (SSSR count). The van der Waals surface area contributed by atoms with E-state index in [4.69, 9.17) is 4.55 Å². The summed E-state index contributed by atoms with van der Waals surface area (Å²) in [4.78, 5) is 12.5. The van der Waals surface area contributed by atoms with Crippen molar-refractivity contribution in [1.82, 2.24) is 0 Å². The van der Waals surface area contributed by atoms with Crippen molar-refractivity contribution in [3.8, 4) is 0 Å². The zero-order valence-corrected chi connectivity index (χ0v) is 18.2. The lowest BCUT2D eigenvalue weighted by atomic mass is 9.84. The molecule has 7 nitrogen and oxygen atoms in total. The summed E-state index contributed by atoms with van der Waals surface area (Å²) in [5.74, 6) is -8.65. The molecule has 178 valence electrons. The third-order valence-corrected chi connectivity index (χ3v) is 7.34. The number of carbonyl (C=O) groups excluding carboxylic acids is 1. The molecule has 0 spiro atoms. The molecule has 1 aliphatic carbocycles. The summed E-state index contributed by atoms with van der Waals surface area (Å²) in [5, 5.41) is 15.9. The van der Waals surface area contributed by atoms with E-state index in [-0.39, 0.29) is 25.7 Å². The minimum Gasteiger partial charge on any atom is -0.465 e. The highest BCUT2D eigenvalue weighted by atomic mass is 32.2. The van der Waals surface area contributed by atoms with Crippen LogP contribution in [0.1, 0.15) is 59.8 Å². The normalized spacial score (nSPS) is 23.4. The van der Waals surface area contributed by atoms with E-state index in [9.17, 15) is 41.0 Å². The fraction of sp³-hybridized carbons (Fsp3) is 0.944. The van der Waals surface area contributed by atoms with Crippen LogP contribution in [0.3, 0.4) is 0 Å². The van der Waals surface area contributed by atoms with E-state index in [1.165, 1.54) is 0 Å². The maximum absolute atomic E-state index is 13.6. The van der Waals surface area contributed by atoms with Crippen LogP contribution >= 0.6 is 0 Å². The van der Waals surface area contributed by atoms with Gasteiger partial charge in [0.2, 0.25) is 0 Å². The lowest BCUT2D eigenvalue weighted by molar-refractivity contribution is -0.175. The van der Waals surface area contributed by atoms with Crippen molar-refractivity contribution in [1.29, 1.82) is 0 Å². The summed E-state index contributed by atoms with van der Waals surface area (Å²) < 4.78 is 87.6. The summed E-state index contributed by atoms with van der Waals surface area (Å²) in [5.41, 5.74) is -2.62. The van der Waals surface area contributed by atoms with Crippen LogP contribution in [0.4, 0.5) is 17.6 Å². The van der Waals surface area contributed by atoms with Gasteiger partial charge in [0.05, 0.1) is 30.1 Å². The maximum Gasteiger partial charge on any atom is 0.431 e. The number of esters is 1. The van der Waals surface area contributed by atoms with E-state index >= 15 is 0 Å². The molecular weight excluding hydrogens is 436 g/mol. The number of ether oxygens (including phenoxy) is 1. The molecule has 0 aromatic rings. The van der Waals surface area contributed by atoms with Gasteiger partial charge in [0.15, 0.2) is 0 Å². The Kier molecular flexibility index (Phi) is 8.00. The van der Waals surface area contributed by atoms with Gasteiger partial charge < -0.3 is 14.9 Å². The Labute approximate surface area is 173 Å². The molecule has 0 aromatic heterocycles. The number of halogens is 4. The fourth-order valence-corrected chi connectivity index (χ4v) is 4.57. The average molecular weight is 466 g/mol. The van der Waals surface area contributed by atoms with Crippen molar-refractivity contribution in [3.05, 3.63) is 0 Å². The second-order valence-electron chi connectivity index (χ2n) is 7.81. The Morgan fingerprint density at radius 2 is 1.27 bits per heavy atom. The molecule has 0 aliphatic heterocycles. The van der Waals surface area contributed by atoms with Gasteiger partial charge in [-0.2, -0.15) is 26.0 Å². The number of aliphatic hydroxyl groups is 2. The Hall–Kier alpha value is -0.980. The minimum absolute atomic E-state index is 0.261. The molecule has 0 amide bonds. The monoisotopic (exact) mass is 466 g/mol. The van der Waals surface area contributed by atoms with Gasteiger partial charge in [0.25, 0.3) is 0 Å². The standard InChI is InChI=1S/C18H30F4O7S/c1-5-15(24,6-2)12-11(13(12)16(25,7-3)8-4)14(23)29-10-9-17(19,20)18(21,22)30(26,27)28/h11-13,24-25H,5-10H2,1-4H3,(H,26,27,28). The Morgan fingerprint density at radius 1 is 0.900 bits per heavy atom. The third-order valence-electron chi connectivity index (χ3n) is 6.39. The van der Waals surface area contributed by atoms with Crippen molar-refractivity contribution < 1.29 is 50.3 Å². The summed E-state index contributed by atoms with van der Waals surface area (Å²) in [6.07, 6.45) is -0.800. The van der Waals surface area contributed by atoms with E-state index in [0.717, 1.165) is 0 Å². The van der Waals surface area contributed by atoms with Gasteiger partial charge in [-0.15, -0.1) is 0 Å². The summed E-state index contributed by atoms with van der Waals surface area (Å²) in [7, 11) is -6.37. The smallest absolute Gasteiger partial charge is 0.431 e. The molecule has 3 N–H and O–H groups in total. The predicted molar refractivity (Wildman–Crippen MR) is 98.6 cm³/mol. The molecule has 0 saturated heterocycles. The van der Waals surface area contributed by atoms with Crippen molar-refractivity contribution >= 4 is 16.1 Å². The second kappa shape index (κ2) is 8.87. The Balaban J connectivity index is 2.96. The molecular formula is C18H30F4O7S. The SMILES string of the molecule is CCC(O)(CC)C1C(C(=O)OCCC(F)(F)C(F)(F)S(=O)(=O)O)C1C(O)(CC)CC. The molecule has 30 heavy (non-hydrogen) atoms. The van der Waals surface area contributed by atoms with E-state index in [0.29, 0.717) is 0 Å². The molecule has 1 fully saturated rings. The molecule has 0 bridgehead atoms. The third kappa shape index (κ3) is 4.76. The van der Waals surface area contributed by atoms with E-state index in [2.05, 4.69) is 4.74 Å². The number of carbonyl (C=O) groups is 1. The first-order chi connectivity index (χ1) is 13.5. The summed E-state index contributed by atoms with van der Waals surface area (Å²) in [6, 6.07) is 0. The van der Waals surface area contributed by atoms with Gasteiger partial charge in [0, 0.05) is 11.8 Å². The highest BCUT2D eigenvalue weighted by Gasteiger charge is 2.69. The molecule has 2 atom stereocenters. The zero-order valence-electron chi connectivity index (χ0n) is 17.4. The van der Waals surface area contributed by atoms with E-state index in [1.54, 1.807) is 27.7 Å². The van der Waals surface area contributed by atoms with Crippen LogP contribution in [0.25, 0.3) is 0 Å². The van der Waals surface area contributed by atoms with Crippen molar-refractivity contribution in [2.75, 3.05) is 6.61 Å². The number of hydrogen-bond acceptors (Lipinski definition) is 6. The van der Waals surface area contributed by atoms with Crippen LogP contribution < -0.4 is 0 Å². The van der Waals surface area contributed by atoms with Crippen LogP contribution in [0.2, 0.25) is 0 Å². The first-order valence-electron chi connectivity index (χ1n) is 9.83. The highest BCUT2D eigenvalue weighted by Crippen LogP contribution is 2.61. The van der Waals surface area contributed by atoms with Crippen molar-refractivity contribution in [2.24, 2.45) is 17.8 Å². The topological polar surface area (TPSA) is 121 Å². The number of rotatable bonds is 12. The molecule has 0 aromatic carbocycles. The van der Waals surface area contributed by atoms with Crippen LogP contribution in [0.5, 0.6) is 0 Å². The lowest BCUT2D eigenvalue weighted by Gasteiger charge is -2.30. The molecule has 0 radical (unpaired) electrons. The van der Waals surface area contributed by atoms with E-state index in [1.807, 2.05) is 0 Å². The van der Waals surface area contributed by atoms with Crippen LogP contribution in [-0.2, 0) is 19.6 Å². The van der Waals surface area contributed by atoms with Gasteiger partial charge in [-0.3, -0.25) is 9.35 Å². The average Bonchev–Trinajstić information content (AvgIpc) is 3.42. The first kappa shape index (κ1) is 27.1. The van der Waals surface area contributed by atoms with Crippen molar-refractivity contribution in [2.45, 2.75) is 82.2 Å². The van der Waals surface area contributed by atoms with E-state index < -0.39 is 69.2 Å². The van der Waals surface area contributed by atoms with Gasteiger partial charge in [-0.25, -0.2) is 0 Å².